The van der Waals surface area contributed by atoms with Gasteiger partial charge in [-0.3, -0.25) is 4.79 Å². The minimum atomic E-state index is -0.521. The number of hydrogen-bond donors (Lipinski definition) is 1. The predicted molar refractivity (Wildman–Crippen MR) is 95.6 cm³/mol. The van der Waals surface area contributed by atoms with Crippen LogP contribution in [0.1, 0.15) is 60.8 Å². The Morgan fingerprint density at radius 2 is 1.92 bits per heavy atom. The smallest absolute Gasteiger partial charge is 0.410 e. The van der Waals surface area contributed by atoms with E-state index in [-0.39, 0.29) is 24.0 Å². The summed E-state index contributed by atoms with van der Waals surface area (Å²) >= 11 is 0. The van der Waals surface area contributed by atoms with Crippen molar-refractivity contribution in [1.82, 2.24) is 9.80 Å². The van der Waals surface area contributed by atoms with Crippen molar-refractivity contribution in [3.8, 4) is 0 Å². The molecule has 2 N–H and O–H groups in total. The van der Waals surface area contributed by atoms with Crippen molar-refractivity contribution in [3.05, 3.63) is 0 Å². The lowest BCUT2D eigenvalue weighted by Crippen LogP contribution is -2.56. The van der Waals surface area contributed by atoms with Gasteiger partial charge in [-0.1, -0.05) is 13.8 Å². The fourth-order valence-electron chi connectivity index (χ4n) is 2.87. The van der Waals surface area contributed by atoms with Gasteiger partial charge in [0.15, 0.2) is 0 Å². The molecule has 6 heteroatoms. The minimum Gasteiger partial charge on any atom is -0.444 e. The van der Waals surface area contributed by atoms with E-state index in [0.717, 1.165) is 25.8 Å². The van der Waals surface area contributed by atoms with Crippen LogP contribution in [0.5, 0.6) is 0 Å². The molecule has 1 rings (SSSR count). The first kappa shape index (κ1) is 20.7. The van der Waals surface area contributed by atoms with Crippen LogP contribution < -0.4 is 5.73 Å². The second-order valence-corrected chi connectivity index (χ2v) is 7.97. The highest BCUT2D eigenvalue weighted by molar-refractivity contribution is 5.82. The van der Waals surface area contributed by atoms with Crippen LogP contribution in [0.15, 0.2) is 0 Å². The quantitative estimate of drug-likeness (QED) is 0.834. The van der Waals surface area contributed by atoms with Gasteiger partial charge >= 0.3 is 6.09 Å². The van der Waals surface area contributed by atoms with Crippen LogP contribution in [-0.4, -0.2) is 59.1 Å². The highest BCUT2D eigenvalue weighted by atomic mass is 16.6. The van der Waals surface area contributed by atoms with Gasteiger partial charge < -0.3 is 20.3 Å². The SMILES string of the molecule is CCN(CC1CCCCN1C(=O)[C@@H](N)C(C)C)C(=O)OC(C)(C)C. The summed E-state index contributed by atoms with van der Waals surface area (Å²) in [6.45, 7) is 13.2. The molecule has 2 atom stereocenters. The highest BCUT2D eigenvalue weighted by Crippen LogP contribution is 2.21. The van der Waals surface area contributed by atoms with Gasteiger partial charge in [0.05, 0.1) is 6.04 Å². The fourth-order valence-corrected chi connectivity index (χ4v) is 2.87. The molecule has 24 heavy (non-hydrogen) atoms. The van der Waals surface area contributed by atoms with Crippen molar-refractivity contribution in [2.75, 3.05) is 19.6 Å². The summed E-state index contributed by atoms with van der Waals surface area (Å²) in [5.74, 6) is 0.100. The van der Waals surface area contributed by atoms with Gasteiger partial charge in [0.2, 0.25) is 5.91 Å². The summed E-state index contributed by atoms with van der Waals surface area (Å²) in [4.78, 5) is 28.6. The predicted octanol–water partition coefficient (Wildman–Crippen LogP) is 2.61. The van der Waals surface area contributed by atoms with Crippen LogP contribution in [0.3, 0.4) is 0 Å². The molecule has 1 saturated heterocycles. The Hall–Kier alpha value is -1.30. The monoisotopic (exact) mass is 341 g/mol. The summed E-state index contributed by atoms with van der Waals surface area (Å²) < 4.78 is 5.47. The van der Waals surface area contributed by atoms with Crippen molar-refractivity contribution >= 4 is 12.0 Å². The molecule has 1 aliphatic rings. The number of nitrogens with two attached hydrogens (primary N) is 1. The molecular formula is C18H35N3O3. The Morgan fingerprint density at radius 3 is 2.42 bits per heavy atom. The van der Waals surface area contributed by atoms with Crippen molar-refractivity contribution < 1.29 is 14.3 Å². The fraction of sp³-hybridized carbons (Fsp3) is 0.889. The Morgan fingerprint density at radius 1 is 1.29 bits per heavy atom. The molecule has 140 valence electrons. The van der Waals surface area contributed by atoms with Crippen molar-refractivity contribution in [2.45, 2.75) is 78.5 Å². The molecule has 1 fully saturated rings. The Kier molecular flexibility index (Phi) is 7.52. The minimum absolute atomic E-state index is 0.00468. The molecule has 2 amide bonds. The van der Waals surface area contributed by atoms with E-state index in [2.05, 4.69) is 0 Å². The number of nitrogens with zero attached hydrogens (tertiary/aromatic N) is 2. The van der Waals surface area contributed by atoms with E-state index in [1.54, 1.807) is 4.90 Å². The van der Waals surface area contributed by atoms with Crippen molar-refractivity contribution in [1.29, 1.82) is 0 Å². The van der Waals surface area contributed by atoms with Crippen LogP contribution in [0.2, 0.25) is 0 Å². The second-order valence-electron chi connectivity index (χ2n) is 7.97. The maximum Gasteiger partial charge on any atom is 0.410 e. The Bertz CT molecular complexity index is 432. The summed E-state index contributed by atoms with van der Waals surface area (Å²) in [5, 5.41) is 0. The lowest BCUT2D eigenvalue weighted by atomic mass is 9.97. The average Bonchev–Trinajstić information content (AvgIpc) is 2.49. The second kappa shape index (κ2) is 8.70. The Balaban J connectivity index is 2.80. The number of rotatable bonds is 5. The zero-order chi connectivity index (χ0) is 18.5. The molecule has 0 aliphatic carbocycles. The summed E-state index contributed by atoms with van der Waals surface area (Å²) in [7, 11) is 0. The first-order valence-electron chi connectivity index (χ1n) is 9.10. The third-order valence-corrected chi connectivity index (χ3v) is 4.38. The molecule has 0 aromatic rings. The van der Waals surface area contributed by atoms with E-state index >= 15 is 0 Å². The largest absolute Gasteiger partial charge is 0.444 e. The van der Waals surface area contributed by atoms with Crippen LogP contribution in [-0.2, 0) is 9.53 Å². The molecule has 6 nitrogen and oxygen atoms in total. The summed E-state index contributed by atoms with van der Waals surface area (Å²) in [5.41, 5.74) is 5.54. The van der Waals surface area contributed by atoms with Crippen LogP contribution in [0.4, 0.5) is 4.79 Å². The van der Waals surface area contributed by atoms with Gasteiger partial charge in [-0.25, -0.2) is 4.79 Å². The van der Waals surface area contributed by atoms with E-state index in [0.29, 0.717) is 13.1 Å². The first-order valence-corrected chi connectivity index (χ1v) is 9.10. The molecule has 0 spiro atoms. The van der Waals surface area contributed by atoms with Gasteiger partial charge in [0.1, 0.15) is 5.60 Å². The maximum atomic E-state index is 12.7. The number of hydrogen-bond acceptors (Lipinski definition) is 4. The van der Waals surface area contributed by atoms with E-state index in [1.165, 1.54) is 0 Å². The van der Waals surface area contributed by atoms with Crippen LogP contribution in [0, 0.1) is 5.92 Å². The van der Waals surface area contributed by atoms with Gasteiger partial charge in [0.25, 0.3) is 0 Å². The standard InChI is InChI=1S/C18H35N3O3/c1-7-20(17(23)24-18(4,5)6)12-14-10-8-9-11-21(14)16(22)15(19)13(2)3/h13-15H,7-12,19H2,1-6H3/t14?,15-/m0/s1. The molecule has 0 aromatic heterocycles. The molecule has 0 aromatic carbocycles. The Labute approximate surface area is 146 Å². The first-order chi connectivity index (χ1) is 11.1. The van der Waals surface area contributed by atoms with Gasteiger partial charge in [-0.15, -0.1) is 0 Å². The van der Waals surface area contributed by atoms with E-state index in [9.17, 15) is 9.59 Å². The number of likely N-dealkylation sites (tertiary alicyclic amines) is 1. The van der Waals surface area contributed by atoms with E-state index in [1.807, 2.05) is 46.4 Å². The molecule has 1 unspecified atom stereocenters. The van der Waals surface area contributed by atoms with Crippen LogP contribution >= 0.6 is 0 Å². The zero-order valence-corrected chi connectivity index (χ0v) is 16.2. The third-order valence-electron chi connectivity index (χ3n) is 4.38. The zero-order valence-electron chi connectivity index (χ0n) is 16.2. The van der Waals surface area contributed by atoms with Crippen molar-refractivity contribution in [3.63, 3.8) is 0 Å². The molecule has 0 radical (unpaired) electrons. The number of ether oxygens (including phenoxy) is 1. The number of carbonyl (C=O) groups is 2. The lowest BCUT2D eigenvalue weighted by molar-refractivity contribution is -0.137. The summed E-state index contributed by atoms with van der Waals surface area (Å²) in [6.07, 6.45) is 2.63. The summed E-state index contributed by atoms with van der Waals surface area (Å²) in [6, 6.07) is -0.467. The van der Waals surface area contributed by atoms with Crippen molar-refractivity contribution in [2.24, 2.45) is 11.7 Å². The average molecular weight is 341 g/mol. The molecular weight excluding hydrogens is 306 g/mol. The maximum absolute atomic E-state index is 12.7. The lowest BCUT2D eigenvalue weighted by Gasteiger charge is -2.40. The number of amides is 2. The molecule has 0 saturated carbocycles. The van der Waals surface area contributed by atoms with Gasteiger partial charge in [-0.2, -0.15) is 0 Å². The molecule has 1 heterocycles. The normalized spacial score (nSPS) is 20.0. The van der Waals surface area contributed by atoms with E-state index < -0.39 is 11.6 Å². The highest BCUT2D eigenvalue weighted by Gasteiger charge is 2.33. The van der Waals surface area contributed by atoms with E-state index in [4.69, 9.17) is 10.5 Å². The topological polar surface area (TPSA) is 75.9 Å². The molecule has 1 aliphatic heterocycles. The van der Waals surface area contributed by atoms with Crippen LogP contribution in [0.25, 0.3) is 0 Å². The number of likely N-dealkylation sites (N-methyl/N-ethyl adjacent to an activating group) is 1. The van der Waals surface area contributed by atoms with Gasteiger partial charge in [-0.05, 0) is 52.9 Å². The molecule has 0 bridgehead atoms. The number of carbonyl (C=O) groups excluding carboxylic acids is 2. The third kappa shape index (κ3) is 5.96. The van der Waals surface area contributed by atoms with Gasteiger partial charge in [0, 0.05) is 25.7 Å². The number of piperidine rings is 1.